The molecule has 0 bridgehead atoms. The maximum absolute atomic E-state index is 11.1. The number of primary amides is 1. The molecule has 0 spiro atoms. The van der Waals surface area contributed by atoms with Gasteiger partial charge in [-0.15, -0.1) is 0 Å². The average Bonchev–Trinajstić information content (AvgIpc) is 2.27. The fourth-order valence-corrected chi connectivity index (χ4v) is 2.42. The first-order valence-electron chi connectivity index (χ1n) is 5.75. The van der Waals surface area contributed by atoms with E-state index in [1.807, 2.05) is 0 Å². The molecule has 15 heavy (non-hydrogen) atoms. The van der Waals surface area contributed by atoms with Gasteiger partial charge in [-0.05, 0) is 12.8 Å². The third kappa shape index (κ3) is 2.92. The quantitative estimate of drug-likeness (QED) is 0.735. The van der Waals surface area contributed by atoms with Gasteiger partial charge in [0.05, 0.1) is 13.2 Å². The van der Waals surface area contributed by atoms with E-state index in [1.54, 1.807) is 0 Å². The molecular formula is C11H22N2O2. The van der Waals surface area contributed by atoms with Crippen LogP contribution in [0.3, 0.4) is 0 Å². The lowest BCUT2D eigenvalue weighted by Gasteiger charge is -2.44. The van der Waals surface area contributed by atoms with Gasteiger partial charge in [-0.3, -0.25) is 9.69 Å². The molecule has 1 aliphatic heterocycles. The number of carbonyl (C=O) groups excluding carboxylic acids is 1. The fourth-order valence-electron chi connectivity index (χ4n) is 2.42. The Labute approximate surface area is 91.8 Å². The molecule has 0 radical (unpaired) electrons. The molecule has 0 unspecified atom stereocenters. The zero-order valence-electron chi connectivity index (χ0n) is 9.79. The van der Waals surface area contributed by atoms with E-state index in [4.69, 9.17) is 10.5 Å². The smallest absolute Gasteiger partial charge is 0.219 e. The predicted molar refractivity (Wildman–Crippen MR) is 59.5 cm³/mol. The molecular weight excluding hydrogens is 192 g/mol. The van der Waals surface area contributed by atoms with Gasteiger partial charge in [-0.1, -0.05) is 13.8 Å². The predicted octanol–water partition coefficient (Wildman–Crippen LogP) is 0.753. The first-order valence-corrected chi connectivity index (χ1v) is 5.75. The molecule has 2 N–H and O–H groups in total. The number of morpholine rings is 1. The third-order valence-electron chi connectivity index (χ3n) is 3.50. The molecule has 0 aromatic heterocycles. The molecule has 1 fully saturated rings. The Balaban J connectivity index is 2.72. The molecule has 0 aliphatic carbocycles. The first kappa shape index (κ1) is 12.5. The van der Waals surface area contributed by atoms with Gasteiger partial charge in [0.1, 0.15) is 0 Å². The molecule has 1 aliphatic rings. The molecule has 1 saturated heterocycles. The van der Waals surface area contributed by atoms with Gasteiger partial charge in [-0.25, -0.2) is 0 Å². The van der Waals surface area contributed by atoms with Crippen LogP contribution < -0.4 is 5.73 Å². The zero-order valence-corrected chi connectivity index (χ0v) is 9.79. The van der Waals surface area contributed by atoms with E-state index >= 15 is 0 Å². The van der Waals surface area contributed by atoms with Crippen LogP contribution in [-0.4, -0.2) is 42.6 Å². The highest BCUT2D eigenvalue weighted by Crippen LogP contribution is 2.28. The van der Waals surface area contributed by atoms with E-state index in [1.165, 1.54) is 0 Å². The van der Waals surface area contributed by atoms with Crippen molar-refractivity contribution in [2.24, 2.45) is 5.73 Å². The number of nitrogens with zero attached hydrogens (tertiary/aromatic N) is 1. The van der Waals surface area contributed by atoms with Gasteiger partial charge in [0.2, 0.25) is 5.91 Å². The van der Waals surface area contributed by atoms with Crippen LogP contribution in [0, 0.1) is 0 Å². The molecule has 0 atom stereocenters. The van der Waals surface area contributed by atoms with Gasteiger partial charge in [0.15, 0.2) is 0 Å². The number of ether oxygens (including phenoxy) is 1. The highest BCUT2D eigenvalue weighted by Gasteiger charge is 2.35. The highest BCUT2D eigenvalue weighted by atomic mass is 16.5. The average molecular weight is 214 g/mol. The number of amides is 1. The van der Waals surface area contributed by atoms with Crippen molar-refractivity contribution in [3.05, 3.63) is 0 Å². The van der Waals surface area contributed by atoms with Crippen molar-refractivity contribution in [3.63, 3.8) is 0 Å². The number of hydrogen-bond donors (Lipinski definition) is 1. The molecule has 1 amide bonds. The van der Waals surface area contributed by atoms with Crippen molar-refractivity contribution in [3.8, 4) is 0 Å². The summed E-state index contributed by atoms with van der Waals surface area (Å²) in [7, 11) is 0. The van der Waals surface area contributed by atoms with E-state index in [0.29, 0.717) is 6.42 Å². The number of rotatable bonds is 5. The lowest BCUT2D eigenvalue weighted by molar-refractivity contribution is -0.122. The summed E-state index contributed by atoms with van der Waals surface area (Å²) in [4.78, 5) is 13.5. The Morgan fingerprint density at radius 1 is 1.33 bits per heavy atom. The van der Waals surface area contributed by atoms with E-state index in [0.717, 1.165) is 39.1 Å². The summed E-state index contributed by atoms with van der Waals surface area (Å²) in [5, 5.41) is 0. The van der Waals surface area contributed by atoms with Crippen LogP contribution in [0.5, 0.6) is 0 Å². The summed E-state index contributed by atoms with van der Waals surface area (Å²) in [6.07, 6.45) is 2.39. The van der Waals surface area contributed by atoms with Crippen molar-refractivity contribution in [1.29, 1.82) is 0 Å². The molecule has 4 heteroatoms. The number of hydrogen-bond acceptors (Lipinski definition) is 3. The molecule has 0 aromatic carbocycles. The Morgan fingerprint density at radius 2 is 1.87 bits per heavy atom. The van der Waals surface area contributed by atoms with Gasteiger partial charge >= 0.3 is 0 Å². The summed E-state index contributed by atoms with van der Waals surface area (Å²) < 4.78 is 5.33. The third-order valence-corrected chi connectivity index (χ3v) is 3.50. The summed E-state index contributed by atoms with van der Waals surface area (Å²) in [5.41, 5.74) is 5.29. The standard InChI is InChI=1S/C11H22N2O2/c1-3-11(4-2,9-10(12)14)13-5-7-15-8-6-13/h3-9H2,1-2H3,(H2,12,14). The van der Waals surface area contributed by atoms with Crippen molar-refractivity contribution in [1.82, 2.24) is 4.90 Å². The second-order valence-electron chi connectivity index (χ2n) is 4.17. The van der Waals surface area contributed by atoms with Crippen molar-refractivity contribution >= 4 is 5.91 Å². The Hall–Kier alpha value is -0.610. The molecule has 1 heterocycles. The van der Waals surface area contributed by atoms with E-state index in [9.17, 15) is 4.79 Å². The minimum Gasteiger partial charge on any atom is -0.379 e. The molecule has 4 nitrogen and oxygen atoms in total. The van der Waals surface area contributed by atoms with Crippen LogP contribution in [0.15, 0.2) is 0 Å². The maximum atomic E-state index is 11.1. The minimum absolute atomic E-state index is 0.0460. The maximum Gasteiger partial charge on any atom is 0.219 e. The van der Waals surface area contributed by atoms with Crippen LogP contribution >= 0.6 is 0 Å². The van der Waals surface area contributed by atoms with E-state index < -0.39 is 0 Å². The Morgan fingerprint density at radius 3 is 2.27 bits per heavy atom. The summed E-state index contributed by atoms with van der Waals surface area (Å²) in [6.45, 7) is 7.61. The van der Waals surface area contributed by atoms with Gasteiger partial charge in [-0.2, -0.15) is 0 Å². The van der Waals surface area contributed by atoms with E-state index in [-0.39, 0.29) is 11.4 Å². The molecule has 0 aromatic rings. The first-order chi connectivity index (χ1) is 7.14. The SMILES string of the molecule is CCC(CC)(CC(N)=O)N1CCOCC1. The van der Waals surface area contributed by atoms with Gasteiger partial charge < -0.3 is 10.5 Å². The van der Waals surface area contributed by atoms with Crippen LogP contribution in [-0.2, 0) is 9.53 Å². The van der Waals surface area contributed by atoms with Gasteiger partial charge in [0.25, 0.3) is 0 Å². The summed E-state index contributed by atoms with van der Waals surface area (Å²) >= 11 is 0. The van der Waals surface area contributed by atoms with Crippen LogP contribution in [0.25, 0.3) is 0 Å². The number of nitrogens with two attached hydrogens (primary N) is 1. The normalized spacial score (nSPS) is 19.1. The van der Waals surface area contributed by atoms with Crippen molar-refractivity contribution < 1.29 is 9.53 Å². The highest BCUT2D eigenvalue weighted by molar-refractivity contribution is 5.75. The van der Waals surface area contributed by atoms with Gasteiger partial charge in [0, 0.05) is 25.0 Å². The molecule has 88 valence electrons. The second-order valence-corrected chi connectivity index (χ2v) is 4.17. The minimum atomic E-state index is -0.204. The lowest BCUT2D eigenvalue weighted by Crippen LogP contribution is -2.54. The monoisotopic (exact) mass is 214 g/mol. The van der Waals surface area contributed by atoms with Crippen LogP contribution in [0.1, 0.15) is 33.1 Å². The Kier molecular flexibility index (Phi) is 4.54. The Bertz CT molecular complexity index is 209. The molecule has 0 saturated carbocycles. The largest absolute Gasteiger partial charge is 0.379 e. The second kappa shape index (κ2) is 5.47. The van der Waals surface area contributed by atoms with Crippen molar-refractivity contribution in [2.45, 2.75) is 38.6 Å². The zero-order chi connectivity index (χ0) is 11.3. The fraction of sp³-hybridized carbons (Fsp3) is 0.909. The van der Waals surface area contributed by atoms with Crippen LogP contribution in [0.2, 0.25) is 0 Å². The van der Waals surface area contributed by atoms with Crippen LogP contribution in [0.4, 0.5) is 0 Å². The molecule has 1 rings (SSSR count). The van der Waals surface area contributed by atoms with Crippen molar-refractivity contribution in [2.75, 3.05) is 26.3 Å². The topological polar surface area (TPSA) is 55.6 Å². The summed E-state index contributed by atoms with van der Waals surface area (Å²) in [5.74, 6) is -0.204. The van der Waals surface area contributed by atoms with E-state index in [2.05, 4.69) is 18.7 Å². The lowest BCUT2D eigenvalue weighted by atomic mass is 9.86. The summed E-state index contributed by atoms with van der Waals surface area (Å²) in [6, 6.07) is 0. The number of carbonyl (C=O) groups is 1.